The Morgan fingerprint density at radius 1 is 0.293 bits per heavy atom. The lowest BCUT2D eigenvalue weighted by Gasteiger charge is -2.22. The highest BCUT2D eigenvalue weighted by Crippen LogP contribution is 2.21. The fourth-order valence-electron chi connectivity index (χ4n) is 14.1. The number of carbonyl (C=O) groups excluding carboxylic acids is 2. The molecule has 0 aliphatic carbocycles. The fraction of sp³-hybridized carbons (Fsp3) is 0.953. The quantitative estimate of drug-likeness (QED) is 0.0320. The molecule has 548 valence electrons. The summed E-state index contributed by atoms with van der Waals surface area (Å²) in [5, 5.41) is 23.5. The molecule has 92 heavy (non-hydrogen) atoms. The van der Waals surface area contributed by atoms with Crippen LogP contribution in [0.3, 0.4) is 0 Å². The topological polar surface area (TPSA) is 95.9 Å². The van der Waals surface area contributed by atoms with Crippen LogP contribution in [0.5, 0.6) is 0 Å². The van der Waals surface area contributed by atoms with Crippen LogP contribution in [0.25, 0.3) is 0 Å². The molecule has 6 heteroatoms. The molecule has 0 aliphatic heterocycles. The molecule has 0 rings (SSSR count). The molecule has 0 saturated carbocycles. The standard InChI is InChI=1S/C86H169NO5/c1-3-5-7-9-11-13-15-17-18-19-20-21-22-40-43-46-49-52-55-58-62-66-70-74-78-84(89)83(82-88)87-85(90)79-75-71-67-63-59-56-53-50-47-44-41-38-36-34-32-30-28-26-24-23-25-27-29-31-33-35-37-39-42-45-48-51-54-57-61-65-69-73-77-81-92-86(91)80-76-72-68-64-60-16-14-12-10-8-6-4-2/h12,14,83-84,88-89H,3-11,13,15-82H2,1-2H3,(H,87,90)/b14-12-. The van der Waals surface area contributed by atoms with Crippen molar-refractivity contribution in [3.8, 4) is 0 Å². The number of hydrogen-bond acceptors (Lipinski definition) is 5. The van der Waals surface area contributed by atoms with Crippen LogP contribution in [0.4, 0.5) is 0 Å². The van der Waals surface area contributed by atoms with Crippen LogP contribution in [0, 0.1) is 0 Å². The van der Waals surface area contributed by atoms with E-state index >= 15 is 0 Å². The first-order valence-corrected chi connectivity index (χ1v) is 42.9. The van der Waals surface area contributed by atoms with Gasteiger partial charge in [0.1, 0.15) is 0 Å². The van der Waals surface area contributed by atoms with Gasteiger partial charge in [-0.1, -0.05) is 450 Å². The summed E-state index contributed by atoms with van der Waals surface area (Å²) < 4.78 is 5.49. The van der Waals surface area contributed by atoms with Crippen molar-refractivity contribution in [2.24, 2.45) is 0 Å². The highest BCUT2D eigenvalue weighted by Gasteiger charge is 2.20. The number of aliphatic hydroxyl groups is 2. The lowest BCUT2D eigenvalue weighted by atomic mass is 10.0. The summed E-state index contributed by atoms with van der Waals surface area (Å²) in [6.45, 7) is 4.99. The van der Waals surface area contributed by atoms with Gasteiger partial charge >= 0.3 is 5.97 Å². The lowest BCUT2D eigenvalue weighted by molar-refractivity contribution is -0.143. The van der Waals surface area contributed by atoms with Crippen LogP contribution >= 0.6 is 0 Å². The molecule has 0 saturated heterocycles. The number of esters is 1. The van der Waals surface area contributed by atoms with Crippen LogP contribution in [0.1, 0.15) is 502 Å². The Hall–Kier alpha value is -1.40. The van der Waals surface area contributed by atoms with E-state index in [0.717, 1.165) is 44.9 Å². The Labute approximate surface area is 578 Å². The van der Waals surface area contributed by atoms with E-state index in [-0.39, 0.29) is 18.5 Å². The van der Waals surface area contributed by atoms with Gasteiger partial charge in [0.05, 0.1) is 25.4 Å². The second kappa shape index (κ2) is 82.0. The maximum atomic E-state index is 12.6. The number of ether oxygens (including phenoxy) is 1. The van der Waals surface area contributed by atoms with Crippen LogP contribution in [-0.4, -0.2) is 47.4 Å². The van der Waals surface area contributed by atoms with E-state index in [2.05, 4.69) is 31.3 Å². The van der Waals surface area contributed by atoms with E-state index in [4.69, 9.17) is 4.74 Å². The second-order valence-electron chi connectivity index (χ2n) is 29.9. The van der Waals surface area contributed by atoms with Gasteiger partial charge < -0.3 is 20.3 Å². The lowest BCUT2D eigenvalue weighted by Crippen LogP contribution is -2.45. The average molecular weight is 1300 g/mol. The zero-order valence-electron chi connectivity index (χ0n) is 63.1. The molecule has 0 bridgehead atoms. The largest absolute Gasteiger partial charge is 0.466 e. The molecule has 0 radical (unpaired) electrons. The van der Waals surface area contributed by atoms with Gasteiger partial charge in [-0.2, -0.15) is 0 Å². The number of aliphatic hydroxyl groups excluding tert-OH is 2. The Morgan fingerprint density at radius 2 is 0.511 bits per heavy atom. The molecule has 0 fully saturated rings. The summed E-state index contributed by atoms with van der Waals surface area (Å²) in [7, 11) is 0. The van der Waals surface area contributed by atoms with E-state index < -0.39 is 12.1 Å². The molecule has 0 aliphatic rings. The molecule has 1 amide bonds. The van der Waals surface area contributed by atoms with Crippen molar-refractivity contribution in [3.05, 3.63) is 12.2 Å². The Bertz CT molecular complexity index is 1400. The molecule has 2 unspecified atom stereocenters. The van der Waals surface area contributed by atoms with Gasteiger partial charge in [-0.3, -0.25) is 9.59 Å². The highest BCUT2D eigenvalue weighted by atomic mass is 16.5. The van der Waals surface area contributed by atoms with Gasteiger partial charge in [0, 0.05) is 12.8 Å². The van der Waals surface area contributed by atoms with Gasteiger partial charge in [-0.15, -0.1) is 0 Å². The van der Waals surface area contributed by atoms with Crippen molar-refractivity contribution in [1.82, 2.24) is 5.32 Å². The van der Waals surface area contributed by atoms with E-state index in [1.165, 1.54) is 424 Å². The van der Waals surface area contributed by atoms with E-state index in [9.17, 15) is 19.8 Å². The van der Waals surface area contributed by atoms with Gasteiger partial charge in [-0.25, -0.2) is 0 Å². The van der Waals surface area contributed by atoms with Crippen molar-refractivity contribution in [1.29, 1.82) is 0 Å². The first-order chi connectivity index (χ1) is 45.5. The summed E-state index contributed by atoms with van der Waals surface area (Å²) in [6, 6.07) is -0.538. The molecule has 0 aromatic carbocycles. The van der Waals surface area contributed by atoms with Gasteiger partial charge in [0.25, 0.3) is 0 Å². The van der Waals surface area contributed by atoms with Crippen LogP contribution in [-0.2, 0) is 14.3 Å². The monoisotopic (exact) mass is 1300 g/mol. The summed E-state index contributed by atoms with van der Waals surface area (Å²) >= 11 is 0. The molecular weight excluding hydrogens is 1130 g/mol. The normalized spacial score (nSPS) is 12.4. The number of amides is 1. The van der Waals surface area contributed by atoms with Gasteiger partial charge in [-0.05, 0) is 51.4 Å². The molecule has 0 spiro atoms. The summed E-state index contributed by atoms with van der Waals surface area (Å²) in [5.41, 5.74) is 0. The zero-order valence-corrected chi connectivity index (χ0v) is 63.1. The first-order valence-electron chi connectivity index (χ1n) is 42.9. The molecule has 3 N–H and O–H groups in total. The van der Waals surface area contributed by atoms with Gasteiger partial charge in [0.15, 0.2) is 0 Å². The number of rotatable bonds is 82. The fourth-order valence-corrected chi connectivity index (χ4v) is 14.1. The van der Waals surface area contributed by atoms with Crippen molar-refractivity contribution >= 4 is 11.9 Å². The number of carbonyl (C=O) groups is 2. The smallest absolute Gasteiger partial charge is 0.305 e. The van der Waals surface area contributed by atoms with Crippen LogP contribution < -0.4 is 5.32 Å². The second-order valence-corrected chi connectivity index (χ2v) is 29.9. The minimum atomic E-state index is -0.661. The third kappa shape index (κ3) is 77.6. The zero-order chi connectivity index (χ0) is 66.3. The maximum Gasteiger partial charge on any atom is 0.305 e. The summed E-state index contributed by atoms with van der Waals surface area (Å²) in [6.07, 6.45) is 105. The Kier molecular flexibility index (Phi) is 80.8. The Morgan fingerprint density at radius 3 is 0.793 bits per heavy atom. The molecule has 2 atom stereocenters. The summed E-state index contributed by atoms with van der Waals surface area (Å²) in [5.74, 6) is -0.00712. The third-order valence-corrected chi connectivity index (χ3v) is 20.6. The number of hydrogen-bond donors (Lipinski definition) is 3. The van der Waals surface area contributed by atoms with Gasteiger partial charge in [0.2, 0.25) is 5.91 Å². The predicted octanol–water partition coefficient (Wildman–Crippen LogP) is 28.6. The molecule has 0 heterocycles. The van der Waals surface area contributed by atoms with Crippen molar-refractivity contribution in [2.75, 3.05) is 13.2 Å². The number of nitrogens with one attached hydrogen (secondary N) is 1. The van der Waals surface area contributed by atoms with Crippen molar-refractivity contribution < 1.29 is 24.5 Å². The molecule has 6 nitrogen and oxygen atoms in total. The van der Waals surface area contributed by atoms with Crippen molar-refractivity contribution in [3.63, 3.8) is 0 Å². The number of allylic oxidation sites excluding steroid dienone is 2. The molecular formula is C86H169NO5. The molecule has 0 aromatic heterocycles. The van der Waals surface area contributed by atoms with Crippen LogP contribution in [0.2, 0.25) is 0 Å². The first kappa shape index (κ1) is 90.6. The maximum absolute atomic E-state index is 12.6. The predicted molar refractivity (Wildman–Crippen MR) is 407 cm³/mol. The minimum Gasteiger partial charge on any atom is -0.466 e. The highest BCUT2D eigenvalue weighted by molar-refractivity contribution is 5.76. The van der Waals surface area contributed by atoms with Crippen molar-refractivity contribution in [2.45, 2.75) is 514 Å². The van der Waals surface area contributed by atoms with Crippen LogP contribution in [0.15, 0.2) is 12.2 Å². The van der Waals surface area contributed by atoms with E-state index in [0.29, 0.717) is 25.9 Å². The van der Waals surface area contributed by atoms with E-state index in [1.54, 1.807) is 0 Å². The van der Waals surface area contributed by atoms with E-state index in [1.807, 2.05) is 0 Å². The molecule has 0 aromatic rings. The average Bonchev–Trinajstić information content (AvgIpc) is 3.71. The number of unbranched alkanes of at least 4 members (excludes halogenated alkanes) is 69. The minimum absolute atomic E-state index is 0.0151. The summed E-state index contributed by atoms with van der Waals surface area (Å²) in [4.78, 5) is 24.6. The Balaban J connectivity index is 3.30. The third-order valence-electron chi connectivity index (χ3n) is 20.6. The SMILES string of the molecule is CCCCC/C=C\CCCCCCCC(=O)OCCCCCCCCCCCCCCCCCCCCCCCCCCCCCCCCCCCCCCCCCC(=O)NC(CO)C(O)CCCCCCCCCCCCCCCCCCCCCCCCCC.